The first kappa shape index (κ1) is 12.8. The summed E-state index contributed by atoms with van der Waals surface area (Å²) in [5.74, 6) is 0.0127. The van der Waals surface area contributed by atoms with Crippen LogP contribution in [0, 0.1) is 6.92 Å². The Balaban J connectivity index is 2.02. The number of nitrogens with one attached hydrogen (secondary N) is 1. The van der Waals surface area contributed by atoms with Crippen LogP contribution in [-0.2, 0) is 0 Å². The molecule has 2 nitrogen and oxygen atoms in total. The molecule has 2 rings (SSSR count). The standard InChI is InChI=1S/C13H17NOS2/c1-9-3-4-10(16)7-11(9)12(15)14-8-13(17-2)5-6-13/h3-4,7,16H,5-6,8H2,1-2H3,(H,14,15). The zero-order valence-electron chi connectivity index (χ0n) is 10.1. The van der Waals surface area contributed by atoms with E-state index in [1.807, 2.05) is 36.9 Å². The molecule has 1 amide bonds. The average molecular weight is 267 g/mol. The Morgan fingerprint density at radius 3 is 2.82 bits per heavy atom. The summed E-state index contributed by atoms with van der Waals surface area (Å²) in [6, 6.07) is 5.66. The van der Waals surface area contributed by atoms with E-state index in [1.54, 1.807) is 0 Å². The van der Waals surface area contributed by atoms with Crippen molar-refractivity contribution in [3.8, 4) is 0 Å². The number of hydrogen-bond acceptors (Lipinski definition) is 3. The van der Waals surface area contributed by atoms with Gasteiger partial charge in [-0.3, -0.25) is 4.79 Å². The predicted molar refractivity (Wildman–Crippen MR) is 76.2 cm³/mol. The van der Waals surface area contributed by atoms with Gasteiger partial charge in [0.1, 0.15) is 0 Å². The van der Waals surface area contributed by atoms with Gasteiger partial charge < -0.3 is 5.32 Å². The van der Waals surface area contributed by atoms with Gasteiger partial charge in [0, 0.05) is 21.8 Å². The van der Waals surface area contributed by atoms with Crippen LogP contribution in [0.4, 0.5) is 0 Å². The molecule has 1 aromatic rings. The molecule has 1 saturated carbocycles. The van der Waals surface area contributed by atoms with E-state index in [0.717, 1.165) is 22.6 Å². The molecule has 1 aliphatic carbocycles. The highest BCUT2D eigenvalue weighted by atomic mass is 32.2. The monoisotopic (exact) mass is 267 g/mol. The molecule has 92 valence electrons. The van der Waals surface area contributed by atoms with Crippen LogP contribution in [0.1, 0.15) is 28.8 Å². The summed E-state index contributed by atoms with van der Waals surface area (Å²) in [5.41, 5.74) is 1.73. The number of thiol groups is 1. The van der Waals surface area contributed by atoms with Gasteiger partial charge >= 0.3 is 0 Å². The summed E-state index contributed by atoms with van der Waals surface area (Å²) >= 11 is 6.12. The molecule has 1 fully saturated rings. The Kier molecular flexibility index (Phi) is 3.73. The van der Waals surface area contributed by atoms with Crippen molar-refractivity contribution in [2.24, 2.45) is 0 Å². The molecule has 1 N–H and O–H groups in total. The molecule has 0 saturated heterocycles. The molecule has 4 heteroatoms. The number of hydrogen-bond donors (Lipinski definition) is 2. The first-order chi connectivity index (χ1) is 8.06. The van der Waals surface area contributed by atoms with Crippen LogP contribution in [0.15, 0.2) is 23.1 Å². The van der Waals surface area contributed by atoms with Crippen molar-refractivity contribution in [3.05, 3.63) is 29.3 Å². The zero-order valence-corrected chi connectivity index (χ0v) is 11.8. The summed E-state index contributed by atoms with van der Waals surface area (Å²) in [5, 5.41) is 3.03. The van der Waals surface area contributed by atoms with E-state index in [9.17, 15) is 4.79 Å². The van der Waals surface area contributed by atoms with Crippen LogP contribution in [0.2, 0.25) is 0 Å². The topological polar surface area (TPSA) is 29.1 Å². The predicted octanol–water partition coefficient (Wildman–Crippen LogP) is 2.91. The van der Waals surface area contributed by atoms with Gasteiger partial charge in [-0.05, 0) is 43.7 Å². The molecule has 0 aromatic heterocycles. The number of carbonyl (C=O) groups excluding carboxylic acids is 1. The smallest absolute Gasteiger partial charge is 0.251 e. The lowest BCUT2D eigenvalue weighted by molar-refractivity contribution is 0.0952. The fourth-order valence-corrected chi connectivity index (χ4v) is 2.71. The first-order valence-electron chi connectivity index (χ1n) is 5.69. The van der Waals surface area contributed by atoms with E-state index in [2.05, 4.69) is 24.2 Å². The van der Waals surface area contributed by atoms with E-state index >= 15 is 0 Å². The third kappa shape index (κ3) is 2.99. The van der Waals surface area contributed by atoms with Crippen molar-refractivity contribution in [1.29, 1.82) is 0 Å². The number of carbonyl (C=O) groups is 1. The van der Waals surface area contributed by atoms with E-state index in [4.69, 9.17) is 0 Å². The highest BCUT2D eigenvalue weighted by Crippen LogP contribution is 2.46. The second kappa shape index (κ2) is 4.94. The van der Waals surface area contributed by atoms with Crippen LogP contribution in [-0.4, -0.2) is 23.5 Å². The largest absolute Gasteiger partial charge is 0.351 e. The molecule has 17 heavy (non-hydrogen) atoms. The Hall–Kier alpha value is -0.610. The van der Waals surface area contributed by atoms with Gasteiger partial charge in [0.15, 0.2) is 0 Å². The van der Waals surface area contributed by atoms with Crippen molar-refractivity contribution >= 4 is 30.3 Å². The fourth-order valence-electron chi connectivity index (χ4n) is 1.78. The quantitative estimate of drug-likeness (QED) is 0.821. The summed E-state index contributed by atoms with van der Waals surface area (Å²) in [6.07, 6.45) is 4.53. The minimum atomic E-state index is 0.0127. The van der Waals surface area contributed by atoms with E-state index in [1.165, 1.54) is 12.8 Å². The number of aryl methyl sites for hydroxylation is 1. The van der Waals surface area contributed by atoms with Crippen LogP contribution in [0.25, 0.3) is 0 Å². The van der Waals surface area contributed by atoms with Crippen molar-refractivity contribution in [2.45, 2.75) is 29.4 Å². The SMILES string of the molecule is CSC1(CNC(=O)c2cc(S)ccc2C)CC1. The molecular formula is C13H17NOS2. The van der Waals surface area contributed by atoms with Crippen molar-refractivity contribution in [1.82, 2.24) is 5.32 Å². The summed E-state index contributed by atoms with van der Waals surface area (Å²) in [7, 11) is 0. The Labute approximate surface area is 112 Å². The average Bonchev–Trinajstić information content (AvgIpc) is 3.10. The fraction of sp³-hybridized carbons (Fsp3) is 0.462. The van der Waals surface area contributed by atoms with Gasteiger partial charge in [0.2, 0.25) is 0 Å². The van der Waals surface area contributed by atoms with Crippen LogP contribution >= 0.6 is 24.4 Å². The normalized spacial score (nSPS) is 16.6. The summed E-state index contributed by atoms with van der Waals surface area (Å²) < 4.78 is 0.308. The number of rotatable bonds is 4. The highest BCUT2D eigenvalue weighted by Gasteiger charge is 2.41. The Bertz CT molecular complexity index is 441. The Morgan fingerprint density at radius 2 is 2.24 bits per heavy atom. The minimum Gasteiger partial charge on any atom is -0.351 e. The molecule has 0 bridgehead atoms. The van der Waals surface area contributed by atoms with Crippen molar-refractivity contribution < 1.29 is 4.79 Å². The third-order valence-corrected chi connectivity index (χ3v) is 4.97. The molecule has 1 aromatic carbocycles. The maximum absolute atomic E-state index is 12.1. The molecule has 0 spiro atoms. The lowest BCUT2D eigenvalue weighted by Gasteiger charge is -2.14. The van der Waals surface area contributed by atoms with Gasteiger partial charge in [-0.15, -0.1) is 12.6 Å². The van der Waals surface area contributed by atoms with E-state index in [0.29, 0.717) is 4.75 Å². The molecule has 1 aliphatic rings. The second-order valence-electron chi connectivity index (χ2n) is 4.57. The van der Waals surface area contributed by atoms with Gasteiger partial charge in [-0.2, -0.15) is 11.8 Å². The van der Waals surface area contributed by atoms with Crippen molar-refractivity contribution in [3.63, 3.8) is 0 Å². The van der Waals surface area contributed by atoms with Crippen molar-refractivity contribution in [2.75, 3.05) is 12.8 Å². The maximum Gasteiger partial charge on any atom is 0.251 e. The third-order valence-electron chi connectivity index (χ3n) is 3.28. The maximum atomic E-state index is 12.1. The number of thioether (sulfide) groups is 1. The lowest BCUT2D eigenvalue weighted by Crippen LogP contribution is -2.32. The molecule has 0 radical (unpaired) electrons. The van der Waals surface area contributed by atoms with Gasteiger partial charge in [-0.1, -0.05) is 6.07 Å². The Morgan fingerprint density at radius 1 is 1.53 bits per heavy atom. The number of amides is 1. The second-order valence-corrected chi connectivity index (χ2v) is 6.36. The van der Waals surface area contributed by atoms with E-state index < -0.39 is 0 Å². The van der Waals surface area contributed by atoms with Crippen LogP contribution in [0.3, 0.4) is 0 Å². The van der Waals surface area contributed by atoms with Gasteiger partial charge in [0.05, 0.1) is 0 Å². The van der Waals surface area contributed by atoms with Gasteiger partial charge in [-0.25, -0.2) is 0 Å². The summed E-state index contributed by atoms with van der Waals surface area (Å²) in [6.45, 7) is 2.72. The number of benzene rings is 1. The van der Waals surface area contributed by atoms with Gasteiger partial charge in [0.25, 0.3) is 5.91 Å². The van der Waals surface area contributed by atoms with Crippen LogP contribution < -0.4 is 5.32 Å². The van der Waals surface area contributed by atoms with E-state index in [-0.39, 0.29) is 5.91 Å². The molecule has 0 atom stereocenters. The lowest BCUT2D eigenvalue weighted by atomic mass is 10.1. The van der Waals surface area contributed by atoms with Crippen LogP contribution in [0.5, 0.6) is 0 Å². The summed E-state index contributed by atoms with van der Waals surface area (Å²) in [4.78, 5) is 12.9. The highest BCUT2D eigenvalue weighted by molar-refractivity contribution is 8.00. The molecule has 0 heterocycles. The molecule has 0 aliphatic heterocycles. The minimum absolute atomic E-state index is 0.0127. The molecular weight excluding hydrogens is 250 g/mol. The zero-order chi connectivity index (χ0) is 12.5. The first-order valence-corrected chi connectivity index (χ1v) is 7.36. The molecule has 0 unspecified atom stereocenters.